The van der Waals surface area contributed by atoms with Crippen LogP contribution in [0.25, 0.3) is 0 Å². The third kappa shape index (κ3) is 2.31. The number of amides is 1. The average Bonchev–Trinajstić information content (AvgIpc) is 2.95. The van der Waals surface area contributed by atoms with Crippen molar-refractivity contribution >= 4 is 17.8 Å². The first-order chi connectivity index (χ1) is 8.65. The normalized spacial score (nSPS) is 19.3. The van der Waals surface area contributed by atoms with Crippen molar-refractivity contribution in [1.82, 2.24) is 20.2 Å². The van der Waals surface area contributed by atoms with Crippen LogP contribution in [0.4, 0.5) is 5.95 Å². The van der Waals surface area contributed by atoms with E-state index in [1.54, 1.807) is 0 Å². The Bertz CT molecular complexity index is 458. The molecular weight excluding hydrogens is 238 g/mol. The van der Waals surface area contributed by atoms with Crippen molar-refractivity contribution in [2.24, 2.45) is 5.92 Å². The first-order valence-corrected chi connectivity index (χ1v) is 5.81. The van der Waals surface area contributed by atoms with Crippen molar-refractivity contribution in [1.29, 1.82) is 0 Å². The number of aryl methyl sites for hydroxylation is 1. The molecule has 1 fully saturated rings. The van der Waals surface area contributed by atoms with E-state index in [4.69, 9.17) is 0 Å². The minimum atomic E-state index is -0.444. The Balaban J connectivity index is 2.09. The number of methoxy groups -OCH3 is 1. The van der Waals surface area contributed by atoms with E-state index in [0.29, 0.717) is 6.54 Å². The third-order valence-electron chi connectivity index (χ3n) is 2.77. The van der Waals surface area contributed by atoms with Crippen molar-refractivity contribution in [2.75, 3.05) is 18.6 Å². The lowest BCUT2D eigenvalue weighted by molar-refractivity contribution is -0.145. The van der Waals surface area contributed by atoms with E-state index in [1.165, 1.54) is 16.8 Å². The number of aromatic nitrogens is 4. The zero-order valence-electron chi connectivity index (χ0n) is 10.4. The van der Waals surface area contributed by atoms with Gasteiger partial charge in [0.25, 0.3) is 5.95 Å². The van der Waals surface area contributed by atoms with E-state index in [9.17, 15) is 9.59 Å². The maximum absolute atomic E-state index is 11.8. The maximum atomic E-state index is 11.8. The van der Waals surface area contributed by atoms with E-state index in [0.717, 1.165) is 6.42 Å². The molecular formula is C10H15N5O3. The second-order valence-electron chi connectivity index (χ2n) is 4.11. The van der Waals surface area contributed by atoms with Crippen LogP contribution in [-0.4, -0.2) is 45.7 Å². The van der Waals surface area contributed by atoms with E-state index < -0.39 is 5.92 Å². The van der Waals surface area contributed by atoms with Crippen LogP contribution in [0, 0.1) is 5.92 Å². The number of carbonyl (C=O) groups excluding carboxylic acids is 2. The number of nitrogens with zero attached hydrogens (tertiary/aromatic N) is 5. The van der Waals surface area contributed by atoms with Gasteiger partial charge in [-0.15, -0.1) is 5.10 Å². The van der Waals surface area contributed by atoms with Crippen molar-refractivity contribution < 1.29 is 14.3 Å². The molecule has 1 atom stereocenters. The van der Waals surface area contributed by atoms with Crippen LogP contribution in [-0.2, 0) is 20.9 Å². The predicted molar refractivity (Wildman–Crippen MR) is 60.6 cm³/mol. The first kappa shape index (κ1) is 12.5. The van der Waals surface area contributed by atoms with Gasteiger partial charge in [-0.2, -0.15) is 4.80 Å². The summed E-state index contributed by atoms with van der Waals surface area (Å²) in [5, 5.41) is 11.8. The summed E-state index contributed by atoms with van der Waals surface area (Å²) >= 11 is 0. The van der Waals surface area contributed by atoms with Crippen molar-refractivity contribution in [3.8, 4) is 0 Å². The van der Waals surface area contributed by atoms with Gasteiger partial charge in [-0.05, 0) is 11.6 Å². The number of rotatable bonds is 4. The standard InChI is InChI=1S/C10H15N5O3/c1-3-4-15-12-10(11-13-15)14-6-7(5-8(14)16)9(17)18-2/h7H,3-6H2,1-2H3/t7-/m0/s1. The molecule has 1 aliphatic rings. The number of carbonyl (C=O) groups is 2. The van der Waals surface area contributed by atoms with Crippen molar-refractivity contribution in [3.63, 3.8) is 0 Å². The molecule has 98 valence electrons. The highest BCUT2D eigenvalue weighted by atomic mass is 16.5. The molecule has 0 N–H and O–H groups in total. The van der Waals surface area contributed by atoms with Gasteiger partial charge in [0.05, 0.1) is 19.6 Å². The highest BCUT2D eigenvalue weighted by molar-refractivity contribution is 5.98. The minimum Gasteiger partial charge on any atom is -0.469 e. The zero-order chi connectivity index (χ0) is 13.1. The lowest BCUT2D eigenvalue weighted by Gasteiger charge is -2.10. The molecule has 0 saturated carbocycles. The van der Waals surface area contributed by atoms with Crippen molar-refractivity contribution in [3.05, 3.63) is 0 Å². The molecule has 1 aromatic rings. The Kier molecular flexibility index (Phi) is 3.54. The fraction of sp³-hybridized carbons (Fsp3) is 0.700. The molecule has 18 heavy (non-hydrogen) atoms. The molecule has 1 aliphatic heterocycles. The monoisotopic (exact) mass is 253 g/mol. The SMILES string of the molecule is CCCn1nnc(N2C[C@@H](C(=O)OC)CC2=O)n1. The van der Waals surface area contributed by atoms with Crippen molar-refractivity contribution in [2.45, 2.75) is 26.3 Å². The van der Waals surface area contributed by atoms with Crippen LogP contribution in [0.5, 0.6) is 0 Å². The maximum Gasteiger partial charge on any atom is 0.311 e. The minimum absolute atomic E-state index is 0.134. The number of hydrogen-bond acceptors (Lipinski definition) is 6. The van der Waals surface area contributed by atoms with Crippen LogP contribution < -0.4 is 4.90 Å². The van der Waals surface area contributed by atoms with Gasteiger partial charge < -0.3 is 4.74 Å². The lowest BCUT2D eigenvalue weighted by Crippen LogP contribution is -2.27. The number of esters is 1. The molecule has 1 aromatic heterocycles. The van der Waals surface area contributed by atoms with Crippen LogP contribution in [0.2, 0.25) is 0 Å². The van der Waals surface area contributed by atoms with E-state index >= 15 is 0 Å². The summed E-state index contributed by atoms with van der Waals surface area (Å²) in [5.41, 5.74) is 0. The largest absolute Gasteiger partial charge is 0.469 e. The molecule has 1 saturated heterocycles. The second kappa shape index (κ2) is 5.11. The molecule has 0 spiro atoms. The Morgan fingerprint density at radius 3 is 3.00 bits per heavy atom. The van der Waals surface area contributed by atoms with Crippen LogP contribution in [0.15, 0.2) is 0 Å². The highest BCUT2D eigenvalue weighted by Crippen LogP contribution is 2.22. The smallest absolute Gasteiger partial charge is 0.311 e. The summed E-state index contributed by atoms with van der Waals surface area (Å²) in [6, 6.07) is 0. The Morgan fingerprint density at radius 1 is 1.56 bits per heavy atom. The van der Waals surface area contributed by atoms with Gasteiger partial charge in [0.1, 0.15) is 0 Å². The van der Waals surface area contributed by atoms with E-state index in [1.807, 2.05) is 6.92 Å². The van der Waals surface area contributed by atoms with Crippen LogP contribution >= 0.6 is 0 Å². The lowest BCUT2D eigenvalue weighted by atomic mass is 10.1. The number of ether oxygens (including phenoxy) is 1. The quantitative estimate of drug-likeness (QED) is 0.679. The molecule has 2 rings (SSSR count). The topological polar surface area (TPSA) is 90.2 Å². The van der Waals surface area contributed by atoms with Gasteiger partial charge in [-0.25, -0.2) is 0 Å². The molecule has 0 bridgehead atoms. The predicted octanol–water partition coefficient (Wildman–Crippen LogP) is -0.391. The first-order valence-electron chi connectivity index (χ1n) is 5.81. The molecule has 8 heteroatoms. The molecule has 0 radical (unpaired) electrons. The summed E-state index contributed by atoms with van der Waals surface area (Å²) in [4.78, 5) is 26.0. The average molecular weight is 253 g/mol. The second-order valence-corrected chi connectivity index (χ2v) is 4.11. The summed E-state index contributed by atoms with van der Waals surface area (Å²) in [6.07, 6.45) is 1.02. The molecule has 0 unspecified atom stereocenters. The zero-order valence-corrected chi connectivity index (χ0v) is 10.4. The summed E-state index contributed by atoms with van der Waals surface area (Å²) < 4.78 is 4.63. The summed E-state index contributed by atoms with van der Waals surface area (Å²) in [5.74, 6) is -0.756. The fourth-order valence-electron chi connectivity index (χ4n) is 1.86. The molecule has 1 amide bonds. The molecule has 0 aliphatic carbocycles. The van der Waals surface area contributed by atoms with Gasteiger partial charge in [-0.1, -0.05) is 12.0 Å². The molecule has 0 aromatic carbocycles. The number of anilines is 1. The van der Waals surface area contributed by atoms with Crippen LogP contribution in [0.3, 0.4) is 0 Å². The van der Waals surface area contributed by atoms with Gasteiger partial charge in [0, 0.05) is 13.0 Å². The van der Waals surface area contributed by atoms with Gasteiger partial charge in [-0.3, -0.25) is 14.5 Å². The highest BCUT2D eigenvalue weighted by Gasteiger charge is 2.37. The summed E-state index contributed by atoms with van der Waals surface area (Å²) in [6.45, 7) is 2.90. The van der Waals surface area contributed by atoms with Gasteiger partial charge >= 0.3 is 5.97 Å². The fourth-order valence-corrected chi connectivity index (χ4v) is 1.86. The Hall–Kier alpha value is -1.99. The van der Waals surface area contributed by atoms with Gasteiger partial charge in [0.2, 0.25) is 5.91 Å². The Morgan fingerprint density at radius 2 is 2.33 bits per heavy atom. The van der Waals surface area contributed by atoms with E-state index in [2.05, 4.69) is 20.1 Å². The molecule has 8 nitrogen and oxygen atoms in total. The van der Waals surface area contributed by atoms with Crippen LogP contribution in [0.1, 0.15) is 19.8 Å². The van der Waals surface area contributed by atoms with Gasteiger partial charge in [0.15, 0.2) is 0 Å². The third-order valence-corrected chi connectivity index (χ3v) is 2.77. The number of hydrogen-bond donors (Lipinski definition) is 0. The molecule has 2 heterocycles. The summed E-state index contributed by atoms with van der Waals surface area (Å²) in [7, 11) is 1.31. The van der Waals surface area contributed by atoms with E-state index in [-0.39, 0.29) is 30.8 Å². The number of tetrazole rings is 1. The Labute approximate surface area is 104 Å².